The Balaban J connectivity index is 2.47. The van der Waals surface area contributed by atoms with Crippen LogP contribution in [0.5, 0.6) is 0 Å². The molecule has 0 saturated carbocycles. The summed E-state index contributed by atoms with van der Waals surface area (Å²) in [5, 5.41) is 18.8. The number of halogens is 1. The van der Waals surface area contributed by atoms with Gasteiger partial charge in [0, 0.05) is 5.56 Å². The van der Waals surface area contributed by atoms with Gasteiger partial charge in [-0.2, -0.15) is 10.3 Å². The van der Waals surface area contributed by atoms with Gasteiger partial charge in [-0.25, -0.2) is 4.39 Å². The highest BCUT2D eigenvalue weighted by Crippen LogP contribution is 2.23. The molecule has 0 bridgehead atoms. The third-order valence-electron chi connectivity index (χ3n) is 3.06. The Bertz CT molecular complexity index is 796. The van der Waals surface area contributed by atoms with Crippen LogP contribution in [0.2, 0.25) is 0 Å². The van der Waals surface area contributed by atoms with Crippen molar-refractivity contribution >= 4 is 17.4 Å². The van der Waals surface area contributed by atoms with Crippen LogP contribution in [0.4, 0.5) is 10.1 Å². The predicted octanol–water partition coefficient (Wildman–Crippen LogP) is 2.94. The van der Waals surface area contributed by atoms with E-state index in [4.69, 9.17) is 5.26 Å². The van der Waals surface area contributed by atoms with Gasteiger partial charge in [-0.15, -0.1) is 0 Å². The Labute approximate surface area is 125 Å². The molecule has 2 rings (SSSR count). The first kappa shape index (κ1) is 15.4. The quantitative estimate of drug-likeness (QED) is 0.536. The maximum atomic E-state index is 14.0. The standard InChI is InChI=1S/C16H11FN2O3/c1-10(20)12-6-2-3-7-13(12)16(21)19(22)14-8-4-5-11(9-18)15(14)17/h2-8,22H,1H3. The average molecular weight is 298 g/mol. The number of benzene rings is 2. The highest BCUT2D eigenvalue weighted by molar-refractivity contribution is 6.12. The number of hydrogen-bond donors (Lipinski definition) is 1. The Morgan fingerprint density at radius 3 is 2.36 bits per heavy atom. The van der Waals surface area contributed by atoms with Crippen molar-refractivity contribution in [2.75, 3.05) is 5.06 Å². The first-order valence-electron chi connectivity index (χ1n) is 6.29. The Hall–Kier alpha value is -3.04. The highest BCUT2D eigenvalue weighted by Gasteiger charge is 2.23. The van der Waals surface area contributed by atoms with Crippen molar-refractivity contribution in [2.45, 2.75) is 6.92 Å². The predicted molar refractivity (Wildman–Crippen MR) is 76.2 cm³/mol. The zero-order valence-electron chi connectivity index (χ0n) is 11.6. The molecule has 0 aliphatic heterocycles. The summed E-state index contributed by atoms with van der Waals surface area (Å²) in [5.74, 6) is -2.33. The molecule has 0 spiro atoms. The largest absolute Gasteiger partial charge is 0.294 e. The maximum absolute atomic E-state index is 14.0. The van der Waals surface area contributed by atoms with Gasteiger partial charge in [0.2, 0.25) is 0 Å². The number of hydrogen-bond acceptors (Lipinski definition) is 4. The lowest BCUT2D eigenvalue weighted by molar-refractivity contribution is 0.0845. The van der Waals surface area contributed by atoms with Crippen LogP contribution in [0.1, 0.15) is 33.2 Å². The summed E-state index contributed by atoms with van der Waals surface area (Å²) in [6, 6.07) is 11.2. The molecule has 0 atom stereocenters. The van der Waals surface area contributed by atoms with E-state index in [0.717, 1.165) is 6.07 Å². The second-order valence-electron chi connectivity index (χ2n) is 4.47. The number of carbonyl (C=O) groups excluding carboxylic acids is 2. The third kappa shape index (κ3) is 2.71. The van der Waals surface area contributed by atoms with Gasteiger partial charge in [0.25, 0.3) is 5.91 Å². The minimum Gasteiger partial charge on any atom is -0.294 e. The van der Waals surface area contributed by atoms with Gasteiger partial charge in [-0.3, -0.25) is 14.8 Å². The number of nitrogens with zero attached hydrogens (tertiary/aromatic N) is 2. The molecular weight excluding hydrogens is 287 g/mol. The van der Waals surface area contributed by atoms with Crippen molar-refractivity contribution in [1.82, 2.24) is 0 Å². The molecule has 0 aliphatic rings. The molecule has 0 aliphatic carbocycles. The van der Waals surface area contributed by atoms with Gasteiger partial charge >= 0.3 is 0 Å². The molecule has 2 aromatic rings. The van der Waals surface area contributed by atoms with Crippen LogP contribution < -0.4 is 5.06 Å². The fraction of sp³-hybridized carbons (Fsp3) is 0.0625. The number of carbonyl (C=O) groups is 2. The molecule has 110 valence electrons. The third-order valence-corrected chi connectivity index (χ3v) is 3.06. The topological polar surface area (TPSA) is 81.4 Å². The van der Waals surface area contributed by atoms with E-state index < -0.39 is 17.4 Å². The Morgan fingerprint density at radius 2 is 1.77 bits per heavy atom. The molecule has 22 heavy (non-hydrogen) atoms. The van der Waals surface area contributed by atoms with E-state index >= 15 is 0 Å². The lowest BCUT2D eigenvalue weighted by Gasteiger charge is -2.17. The van der Waals surface area contributed by atoms with Crippen LogP contribution >= 0.6 is 0 Å². The summed E-state index contributed by atoms with van der Waals surface area (Å²) in [6.45, 7) is 1.28. The molecule has 1 amide bonds. The lowest BCUT2D eigenvalue weighted by Crippen LogP contribution is -2.29. The van der Waals surface area contributed by atoms with Crippen LogP contribution in [0, 0.1) is 17.1 Å². The zero-order valence-corrected chi connectivity index (χ0v) is 11.6. The lowest BCUT2D eigenvalue weighted by atomic mass is 10.0. The maximum Gasteiger partial charge on any atom is 0.282 e. The molecular formula is C16H11FN2O3. The number of hydroxylamine groups is 1. The van der Waals surface area contributed by atoms with Gasteiger partial charge in [0.05, 0.1) is 11.1 Å². The van der Waals surface area contributed by atoms with E-state index in [1.807, 2.05) is 0 Å². The van der Waals surface area contributed by atoms with E-state index in [0.29, 0.717) is 0 Å². The van der Waals surface area contributed by atoms with Crippen molar-refractivity contribution in [3.05, 3.63) is 65.0 Å². The fourth-order valence-electron chi connectivity index (χ4n) is 1.97. The summed E-state index contributed by atoms with van der Waals surface area (Å²) in [6.07, 6.45) is 0. The Kier molecular flexibility index (Phi) is 4.30. The second-order valence-corrected chi connectivity index (χ2v) is 4.47. The van der Waals surface area contributed by atoms with Gasteiger partial charge in [0.15, 0.2) is 11.6 Å². The SMILES string of the molecule is CC(=O)c1ccccc1C(=O)N(O)c1cccc(C#N)c1F. The number of anilines is 1. The number of amides is 1. The Morgan fingerprint density at radius 1 is 1.14 bits per heavy atom. The molecule has 5 nitrogen and oxygen atoms in total. The first-order chi connectivity index (χ1) is 10.5. The van der Waals surface area contributed by atoms with Crippen LogP contribution in [-0.4, -0.2) is 16.9 Å². The highest BCUT2D eigenvalue weighted by atomic mass is 19.1. The number of ketones is 1. The monoisotopic (exact) mass is 298 g/mol. The van der Waals surface area contributed by atoms with Crippen LogP contribution in [-0.2, 0) is 0 Å². The van der Waals surface area contributed by atoms with Crippen molar-refractivity contribution in [3.8, 4) is 6.07 Å². The normalized spacial score (nSPS) is 9.91. The van der Waals surface area contributed by atoms with Crippen molar-refractivity contribution in [3.63, 3.8) is 0 Å². The smallest absolute Gasteiger partial charge is 0.282 e. The molecule has 0 radical (unpaired) electrons. The van der Waals surface area contributed by atoms with E-state index in [1.165, 1.54) is 37.3 Å². The summed E-state index contributed by atoms with van der Waals surface area (Å²) >= 11 is 0. The van der Waals surface area contributed by atoms with E-state index in [-0.39, 0.29) is 27.5 Å². The van der Waals surface area contributed by atoms with E-state index in [9.17, 15) is 19.2 Å². The molecule has 0 fully saturated rings. The minimum atomic E-state index is -1.01. The van der Waals surface area contributed by atoms with Crippen LogP contribution in [0.3, 0.4) is 0 Å². The fourth-order valence-corrected chi connectivity index (χ4v) is 1.97. The van der Waals surface area contributed by atoms with E-state index in [1.54, 1.807) is 12.1 Å². The number of nitriles is 1. The summed E-state index contributed by atoms with van der Waals surface area (Å²) < 4.78 is 14.0. The molecule has 2 aromatic carbocycles. The molecule has 0 saturated heterocycles. The average Bonchev–Trinajstić information content (AvgIpc) is 2.53. The summed E-state index contributed by atoms with van der Waals surface area (Å²) in [5.41, 5.74) is -0.700. The van der Waals surface area contributed by atoms with E-state index in [2.05, 4.69) is 0 Å². The number of Topliss-reactive ketones (excluding diaryl/α,β-unsaturated/α-hetero) is 1. The van der Waals surface area contributed by atoms with Crippen LogP contribution in [0.15, 0.2) is 42.5 Å². The summed E-state index contributed by atoms with van der Waals surface area (Å²) in [4.78, 5) is 23.8. The van der Waals surface area contributed by atoms with Gasteiger partial charge in [-0.05, 0) is 25.1 Å². The molecule has 6 heteroatoms. The van der Waals surface area contributed by atoms with Crippen molar-refractivity contribution in [2.24, 2.45) is 0 Å². The van der Waals surface area contributed by atoms with Gasteiger partial charge in [-0.1, -0.05) is 24.3 Å². The number of rotatable bonds is 3. The second kappa shape index (κ2) is 6.16. The van der Waals surface area contributed by atoms with Crippen molar-refractivity contribution < 1.29 is 19.2 Å². The molecule has 1 N–H and O–H groups in total. The minimum absolute atomic E-state index is 0.0562. The molecule has 0 heterocycles. The van der Waals surface area contributed by atoms with Gasteiger partial charge in [0.1, 0.15) is 11.8 Å². The van der Waals surface area contributed by atoms with Gasteiger partial charge < -0.3 is 0 Å². The molecule has 0 aromatic heterocycles. The zero-order chi connectivity index (χ0) is 16.3. The summed E-state index contributed by atoms with van der Waals surface area (Å²) in [7, 11) is 0. The first-order valence-corrected chi connectivity index (χ1v) is 6.29. The van der Waals surface area contributed by atoms with Crippen LogP contribution in [0.25, 0.3) is 0 Å². The molecule has 0 unspecified atom stereocenters. The van der Waals surface area contributed by atoms with Crippen molar-refractivity contribution in [1.29, 1.82) is 5.26 Å².